The van der Waals surface area contributed by atoms with Gasteiger partial charge in [0.2, 0.25) is 6.29 Å². The lowest BCUT2D eigenvalue weighted by molar-refractivity contribution is -0.0982. The molecule has 0 N–H and O–H groups in total. The van der Waals surface area contributed by atoms with Crippen LogP contribution < -0.4 is 0 Å². The molecule has 0 aliphatic heterocycles. The van der Waals surface area contributed by atoms with Crippen molar-refractivity contribution in [3.05, 3.63) is 0 Å². The highest BCUT2D eigenvalue weighted by atomic mass is 16.7. The molecule has 0 saturated heterocycles. The van der Waals surface area contributed by atoms with E-state index in [1.165, 1.54) is 6.42 Å². The zero-order valence-electron chi connectivity index (χ0n) is 8.46. The van der Waals surface area contributed by atoms with Crippen molar-refractivity contribution in [2.24, 2.45) is 0 Å². The third-order valence-electron chi connectivity index (χ3n) is 0.741. The molecule has 3 heteroatoms. The Balaban J connectivity index is 0. The second-order valence-electron chi connectivity index (χ2n) is 2.08. The van der Waals surface area contributed by atoms with Crippen LogP contribution >= 0.6 is 0 Å². The summed E-state index contributed by atoms with van der Waals surface area (Å²) in [6.07, 6.45) is 0.569. The minimum atomic E-state index is -0.681. The average Bonchev–Trinajstić information content (AvgIpc) is 2.05. The summed E-state index contributed by atoms with van der Waals surface area (Å²) in [7, 11) is 0. The monoisotopic (exact) mass is 173 g/mol. The highest BCUT2D eigenvalue weighted by molar-refractivity contribution is 4.74. The first kappa shape index (κ1) is 14.0. The molecule has 0 aromatic heterocycles. The zero-order valence-corrected chi connectivity index (χ0v) is 8.46. The smallest absolute Gasteiger partial charge is 0.248 e. The summed E-state index contributed by atoms with van der Waals surface area (Å²) in [5, 5.41) is 8.29. The fraction of sp³-hybridized carbons (Fsp3) is 0.889. The van der Waals surface area contributed by atoms with Gasteiger partial charge in [0.25, 0.3) is 0 Å². The van der Waals surface area contributed by atoms with Crippen molar-refractivity contribution in [2.75, 3.05) is 13.2 Å². The molecule has 0 aromatic carbocycles. The average molecular weight is 173 g/mol. The van der Waals surface area contributed by atoms with Gasteiger partial charge in [-0.2, -0.15) is 5.26 Å². The highest BCUT2D eigenvalue weighted by Gasteiger charge is 2.02. The van der Waals surface area contributed by atoms with Gasteiger partial charge in [0, 0.05) is 13.2 Å². The Morgan fingerprint density at radius 3 is 1.58 bits per heavy atom. The second-order valence-corrected chi connectivity index (χ2v) is 2.08. The SMILES string of the molecule is CCC.CCOC(C#N)OCC. The highest BCUT2D eigenvalue weighted by Crippen LogP contribution is 1.90. The van der Waals surface area contributed by atoms with Crippen LogP contribution in [-0.2, 0) is 9.47 Å². The maximum Gasteiger partial charge on any atom is 0.248 e. The van der Waals surface area contributed by atoms with Crippen LogP contribution in [0.3, 0.4) is 0 Å². The third kappa shape index (κ3) is 12.1. The molecule has 0 amide bonds. The van der Waals surface area contributed by atoms with Gasteiger partial charge >= 0.3 is 0 Å². The Morgan fingerprint density at radius 2 is 1.42 bits per heavy atom. The van der Waals surface area contributed by atoms with Crippen LogP contribution in [0.1, 0.15) is 34.1 Å². The van der Waals surface area contributed by atoms with E-state index in [9.17, 15) is 0 Å². The molecular formula is C9H19NO2. The lowest BCUT2D eigenvalue weighted by atomic mass is 10.6. The quantitative estimate of drug-likeness (QED) is 0.613. The summed E-state index contributed by atoms with van der Waals surface area (Å²) in [5.41, 5.74) is 0. The third-order valence-corrected chi connectivity index (χ3v) is 0.741. The molecule has 0 saturated carbocycles. The first-order valence-corrected chi connectivity index (χ1v) is 4.39. The van der Waals surface area contributed by atoms with Crippen molar-refractivity contribution in [2.45, 2.75) is 40.4 Å². The van der Waals surface area contributed by atoms with Crippen LogP contribution in [0.25, 0.3) is 0 Å². The van der Waals surface area contributed by atoms with Crippen LogP contribution in [0.2, 0.25) is 0 Å². The van der Waals surface area contributed by atoms with Gasteiger partial charge in [-0.05, 0) is 13.8 Å². The first-order chi connectivity index (χ1) is 5.76. The molecule has 0 heterocycles. The Labute approximate surface area is 75.3 Å². The minimum Gasteiger partial charge on any atom is -0.341 e. The fourth-order valence-electron chi connectivity index (χ4n) is 0.425. The molecule has 0 bridgehead atoms. The summed E-state index contributed by atoms with van der Waals surface area (Å²) in [6.45, 7) is 8.92. The Bertz CT molecular complexity index is 104. The number of hydrogen-bond donors (Lipinski definition) is 0. The predicted octanol–water partition coefficient (Wildman–Crippen LogP) is 2.33. The van der Waals surface area contributed by atoms with Crippen molar-refractivity contribution in [3.63, 3.8) is 0 Å². The lowest BCUT2D eigenvalue weighted by Crippen LogP contribution is -2.14. The molecule has 3 nitrogen and oxygen atoms in total. The Morgan fingerprint density at radius 1 is 1.08 bits per heavy atom. The van der Waals surface area contributed by atoms with E-state index in [0.29, 0.717) is 13.2 Å². The van der Waals surface area contributed by atoms with Gasteiger partial charge in [0.05, 0.1) is 0 Å². The summed E-state index contributed by atoms with van der Waals surface area (Å²) in [6, 6.07) is 1.86. The molecule has 72 valence electrons. The second kappa shape index (κ2) is 13.0. The molecule has 0 radical (unpaired) electrons. The minimum absolute atomic E-state index is 0.512. The van der Waals surface area contributed by atoms with Gasteiger partial charge in [0.15, 0.2) is 0 Å². The molecule has 0 spiro atoms. The van der Waals surface area contributed by atoms with E-state index in [1.807, 2.05) is 19.9 Å². The van der Waals surface area contributed by atoms with Crippen LogP contribution in [-0.4, -0.2) is 19.5 Å². The maximum absolute atomic E-state index is 8.29. The van der Waals surface area contributed by atoms with E-state index in [0.717, 1.165) is 0 Å². The van der Waals surface area contributed by atoms with Gasteiger partial charge in [0.1, 0.15) is 6.07 Å². The Kier molecular flexibility index (Phi) is 15.2. The fourth-order valence-corrected chi connectivity index (χ4v) is 0.425. The Hall–Kier alpha value is -0.590. The first-order valence-electron chi connectivity index (χ1n) is 4.39. The molecule has 0 unspecified atom stereocenters. The van der Waals surface area contributed by atoms with E-state index >= 15 is 0 Å². The lowest BCUT2D eigenvalue weighted by Gasteiger charge is -2.06. The van der Waals surface area contributed by atoms with Gasteiger partial charge in [-0.25, -0.2) is 0 Å². The standard InChI is InChI=1S/C6H11NO2.C3H8/c1-3-8-6(5-7)9-4-2;1-3-2/h6H,3-4H2,1-2H3;3H2,1-2H3. The van der Waals surface area contributed by atoms with Crippen LogP contribution in [0.5, 0.6) is 0 Å². The summed E-state index contributed by atoms with van der Waals surface area (Å²) in [4.78, 5) is 0. The molecule has 12 heavy (non-hydrogen) atoms. The van der Waals surface area contributed by atoms with Crippen LogP contribution in [0.4, 0.5) is 0 Å². The van der Waals surface area contributed by atoms with E-state index in [2.05, 4.69) is 13.8 Å². The van der Waals surface area contributed by atoms with Crippen LogP contribution in [0.15, 0.2) is 0 Å². The zero-order chi connectivity index (χ0) is 9.82. The molecule has 0 aliphatic carbocycles. The molecule has 0 aliphatic rings. The number of nitrogens with zero attached hydrogens (tertiary/aromatic N) is 1. The van der Waals surface area contributed by atoms with E-state index in [4.69, 9.17) is 14.7 Å². The number of hydrogen-bond acceptors (Lipinski definition) is 3. The molecule has 0 rings (SSSR count). The van der Waals surface area contributed by atoms with Gasteiger partial charge in [-0.3, -0.25) is 0 Å². The van der Waals surface area contributed by atoms with Crippen molar-refractivity contribution in [3.8, 4) is 6.07 Å². The van der Waals surface area contributed by atoms with E-state index in [1.54, 1.807) is 0 Å². The molecule has 0 aromatic rings. The molecule has 0 atom stereocenters. The van der Waals surface area contributed by atoms with Gasteiger partial charge in [-0.1, -0.05) is 20.3 Å². The molecular weight excluding hydrogens is 154 g/mol. The van der Waals surface area contributed by atoms with Crippen molar-refractivity contribution in [1.82, 2.24) is 0 Å². The summed E-state index contributed by atoms with van der Waals surface area (Å²) >= 11 is 0. The summed E-state index contributed by atoms with van der Waals surface area (Å²) in [5.74, 6) is 0. The number of nitriles is 1. The normalized spacial score (nSPS) is 8.67. The van der Waals surface area contributed by atoms with E-state index < -0.39 is 6.29 Å². The largest absolute Gasteiger partial charge is 0.341 e. The van der Waals surface area contributed by atoms with Gasteiger partial charge in [-0.15, -0.1) is 0 Å². The van der Waals surface area contributed by atoms with Crippen LogP contribution in [0, 0.1) is 11.3 Å². The summed E-state index contributed by atoms with van der Waals surface area (Å²) < 4.78 is 9.70. The van der Waals surface area contributed by atoms with Crippen molar-refractivity contribution >= 4 is 0 Å². The van der Waals surface area contributed by atoms with Crippen molar-refractivity contribution in [1.29, 1.82) is 5.26 Å². The molecule has 0 fully saturated rings. The number of ether oxygens (including phenoxy) is 2. The van der Waals surface area contributed by atoms with E-state index in [-0.39, 0.29) is 0 Å². The van der Waals surface area contributed by atoms with Gasteiger partial charge < -0.3 is 9.47 Å². The maximum atomic E-state index is 8.29. The number of rotatable bonds is 4. The predicted molar refractivity (Wildman–Crippen MR) is 48.6 cm³/mol. The van der Waals surface area contributed by atoms with Crippen molar-refractivity contribution < 1.29 is 9.47 Å². The topological polar surface area (TPSA) is 42.2 Å².